The topological polar surface area (TPSA) is 87.4 Å². The molecule has 0 aliphatic rings. The summed E-state index contributed by atoms with van der Waals surface area (Å²) in [6, 6.07) is 1.66. The lowest BCUT2D eigenvalue weighted by Gasteiger charge is -2.25. The molecule has 5 nitrogen and oxygen atoms in total. The van der Waals surface area contributed by atoms with Crippen molar-refractivity contribution in [2.75, 3.05) is 7.11 Å². The predicted molar refractivity (Wildman–Crippen MR) is 58.5 cm³/mol. The van der Waals surface area contributed by atoms with Gasteiger partial charge in [-0.15, -0.1) is 0 Å². The van der Waals surface area contributed by atoms with Crippen LogP contribution in [-0.4, -0.2) is 24.2 Å². The van der Waals surface area contributed by atoms with Crippen molar-refractivity contribution in [1.82, 2.24) is 0 Å². The third kappa shape index (κ3) is 5.35. The predicted octanol–water partition coefficient (Wildman–Crippen LogP) is 1.83. The molecular formula is C11H19NO4. The number of nitrogens with zero attached hydrogens (tertiary/aromatic N) is 1. The maximum absolute atomic E-state index is 10.9. The molecule has 0 aromatic rings. The number of aliphatic carboxylic acids is 1. The van der Waals surface area contributed by atoms with E-state index in [9.17, 15) is 9.59 Å². The third-order valence-corrected chi connectivity index (χ3v) is 1.99. The molecule has 5 heteroatoms. The van der Waals surface area contributed by atoms with Crippen molar-refractivity contribution in [2.24, 2.45) is 11.3 Å². The van der Waals surface area contributed by atoms with E-state index in [1.54, 1.807) is 19.9 Å². The zero-order valence-corrected chi connectivity index (χ0v) is 10.4. The van der Waals surface area contributed by atoms with Gasteiger partial charge < -0.3 is 9.84 Å². The Hall–Kier alpha value is -1.57. The Kier molecular flexibility index (Phi) is 8.09. The second kappa shape index (κ2) is 7.69. The van der Waals surface area contributed by atoms with E-state index in [4.69, 9.17) is 10.4 Å². The molecule has 16 heavy (non-hydrogen) atoms. The van der Waals surface area contributed by atoms with Crippen LogP contribution in [0.5, 0.6) is 0 Å². The first-order valence-corrected chi connectivity index (χ1v) is 5.04. The monoisotopic (exact) mass is 229 g/mol. The number of esters is 1. The molecule has 0 radical (unpaired) electrons. The number of ether oxygens (including phenoxy) is 1. The Morgan fingerprint density at radius 3 is 2.12 bits per heavy atom. The van der Waals surface area contributed by atoms with Gasteiger partial charge >= 0.3 is 11.9 Å². The molecule has 0 rings (SSSR count). The number of carbonyl (C=O) groups is 2. The minimum absolute atomic E-state index is 0.0893. The lowest BCUT2D eigenvalue weighted by Crippen LogP contribution is -2.32. The van der Waals surface area contributed by atoms with Gasteiger partial charge in [0.05, 0.1) is 19.6 Å². The van der Waals surface area contributed by atoms with Gasteiger partial charge in [0, 0.05) is 5.41 Å². The van der Waals surface area contributed by atoms with Crippen LogP contribution in [0.1, 0.15) is 34.1 Å². The van der Waals surface area contributed by atoms with E-state index < -0.39 is 23.3 Å². The van der Waals surface area contributed by atoms with Crippen LogP contribution < -0.4 is 0 Å². The third-order valence-electron chi connectivity index (χ3n) is 1.99. The van der Waals surface area contributed by atoms with Crippen LogP contribution >= 0.6 is 0 Å². The van der Waals surface area contributed by atoms with Crippen molar-refractivity contribution >= 4 is 11.9 Å². The highest BCUT2D eigenvalue weighted by Crippen LogP contribution is 2.30. The van der Waals surface area contributed by atoms with Gasteiger partial charge in [-0.05, 0) is 0 Å². The molecule has 0 fully saturated rings. The van der Waals surface area contributed by atoms with Crippen molar-refractivity contribution < 1.29 is 19.4 Å². The van der Waals surface area contributed by atoms with Gasteiger partial charge in [-0.25, -0.2) is 0 Å². The Labute approximate surface area is 96.0 Å². The van der Waals surface area contributed by atoms with Crippen LogP contribution in [0.3, 0.4) is 0 Å². The van der Waals surface area contributed by atoms with Crippen molar-refractivity contribution in [3.05, 3.63) is 0 Å². The number of nitriles is 1. The number of carboxylic acids is 1. The first-order chi connectivity index (χ1) is 7.35. The Balaban J connectivity index is 0. The molecule has 0 aromatic carbocycles. The first-order valence-electron chi connectivity index (χ1n) is 5.04. The number of hydrogen-bond donors (Lipinski definition) is 1. The number of carbonyl (C=O) groups excluding carboxylic acids is 1. The lowest BCUT2D eigenvalue weighted by atomic mass is 9.77. The molecule has 0 bridgehead atoms. The first kappa shape index (κ1) is 16.8. The van der Waals surface area contributed by atoms with E-state index in [-0.39, 0.29) is 6.42 Å². The minimum Gasteiger partial charge on any atom is -0.480 e. The number of hydrogen-bond acceptors (Lipinski definition) is 4. The number of rotatable bonds is 4. The van der Waals surface area contributed by atoms with Crippen LogP contribution in [0, 0.1) is 22.7 Å². The summed E-state index contributed by atoms with van der Waals surface area (Å²) in [5.74, 6) is -2.94. The minimum atomic E-state index is -1.22. The molecular weight excluding hydrogens is 210 g/mol. The Morgan fingerprint density at radius 1 is 1.44 bits per heavy atom. The van der Waals surface area contributed by atoms with Crippen molar-refractivity contribution in [3.8, 4) is 6.07 Å². The van der Waals surface area contributed by atoms with Crippen LogP contribution in [0.15, 0.2) is 0 Å². The summed E-state index contributed by atoms with van der Waals surface area (Å²) in [5, 5.41) is 17.4. The van der Waals surface area contributed by atoms with E-state index in [1.165, 1.54) is 7.11 Å². The molecule has 0 aliphatic heterocycles. The lowest BCUT2D eigenvalue weighted by molar-refractivity contribution is -0.147. The highest BCUT2D eigenvalue weighted by molar-refractivity contribution is 5.76. The maximum Gasteiger partial charge on any atom is 0.321 e. The highest BCUT2D eigenvalue weighted by atomic mass is 16.5. The van der Waals surface area contributed by atoms with E-state index in [0.29, 0.717) is 0 Å². The highest BCUT2D eigenvalue weighted by Gasteiger charge is 2.37. The van der Waals surface area contributed by atoms with Crippen molar-refractivity contribution in [3.63, 3.8) is 0 Å². The summed E-state index contributed by atoms with van der Waals surface area (Å²) in [7, 11) is 1.22. The van der Waals surface area contributed by atoms with Gasteiger partial charge in [-0.1, -0.05) is 27.7 Å². The van der Waals surface area contributed by atoms with Gasteiger partial charge in [-0.3, -0.25) is 9.59 Å². The average Bonchev–Trinajstić information content (AvgIpc) is 2.19. The smallest absolute Gasteiger partial charge is 0.321 e. The molecule has 0 saturated carbocycles. The number of carboxylic acid groups (broad SMARTS) is 1. The van der Waals surface area contributed by atoms with Gasteiger partial charge in [0.2, 0.25) is 0 Å². The summed E-state index contributed by atoms with van der Waals surface area (Å²) >= 11 is 0. The van der Waals surface area contributed by atoms with Crippen molar-refractivity contribution in [1.29, 1.82) is 5.26 Å². The maximum atomic E-state index is 10.9. The summed E-state index contributed by atoms with van der Waals surface area (Å²) < 4.78 is 4.42. The molecule has 0 aromatic heterocycles. The molecule has 92 valence electrons. The van der Waals surface area contributed by atoms with E-state index in [0.717, 1.165) is 0 Å². The molecule has 1 atom stereocenters. The number of methoxy groups -OCH3 is 1. The van der Waals surface area contributed by atoms with Gasteiger partial charge in [-0.2, -0.15) is 5.26 Å². The van der Waals surface area contributed by atoms with Gasteiger partial charge in [0.1, 0.15) is 5.92 Å². The zero-order valence-electron chi connectivity index (χ0n) is 10.4. The second-order valence-electron chi connectivity index (χ2n) is 3.64. The zero-order chi connectivity index (χ0) is 13.4. The average molecular weight is 229 g/mol. The summed E-state index contributed by atoms with van der Waals surface area (Å²) in [6.45, 7) is 7.10. The molecule has 1 N–H and O–H groups in total. The fourth-order valence-corrected chi connectivity index (χ4v) is 1.11. The summed E-state index contributed by atoms with van der Waals surface area (Å²) in [5.41, 5.74) is -0.923. The Morgan fingerprint density at radius 2 is 1.88 bits per heavy atom. The van der Waals surface area contributed by atoms with Crippen LogP contribution in [0.2, 0.25) is 0 Å². The molecule has 0 heterocycles. The largest absolute Gasteiger partial charge is 0.480 e. The fraction of sp³-hybridized carbons (Fsp3) is 0.727. The van der Waals surface area contributed by atoms with Crippen LogP contribution in [-0.2, 0) is 14.3 Å². The molecule has 0 aliphatic carbocycles. The van der Waals surface area contributed by atoms with E-state index in [2.05, 4.69) is 4.74 Å². The van der Waals surface area contributed by atoms with Crippen LogP contribution in [0.25, 0.3) is 0 Å². The van der Waals surface area contributed by atoms with Crippen LogP contribution in [0.4, 0.5) is 0 Å². The molecule has 0 spiro atoms. The van der Waals surface area contributed by atoms with E-state index >= 15 is 0 Å². The second-order valence-corrected chi connectivity index (χ2v) is 3.64. The normalized spacial score (nSPS) is 11.5. The standard InChI is InChI=1S/C9H13NO4.C2H6/c1-9(2,4-7(11)14-3)6(5-10)8(12)13;1-2/h6H,4H2,1-3H3,(H,12,13);1-2H3. The quantitative estimate of drug-likeness (QED) is 0.743. The SMILES string of the molecule is CC.COC(=O)CC(C)(C)C(C#N)C(=O)O. The Bertz CT molecular complexity index is 278. The fourth-order valence-electron chi connectivity index (χ4n) is 1.11. The summed E-state index contributed by atoms with van der Waals surface area (Å²) in [6.07, 6.45) is -0.0893. The molecule has 1 unspecified atom stereocenters. The molecule has 0 saturated heterocycles. The van der Waals surface area contributed by atoms with Crippen molar-refractivity contribution in [2.45, 2.75) is 34.1 Å². The summed E-state index contributed by atoms with van der Waals surface area (Å²) in [4.78, 5) is 21.6. The van der Waals surface area contributed by atoms with E-state index in [1.807, 2.05) is 13.8 Å². The molecule has 0 amide bonds. The van der Waals surface area contributed by atoms with Gasteiger partial charge in [0.15, 0.2) is 0 Å². The van der Waals surface area contributed by atoms with Gasteiger partial charge in [0.25, 0.3) is 0 Å².